The zero-order valence-electron chi connectivity index (χ0n) is 15.0. The van der Waals surface area contributed by atoms with Crippen LogP contribution in [0.2, 0.25) is 0 Å². The SMILES string of the molecule is Cc1ccc(/C=C/COCC(O)CN2C[C@H](O)[C@H](O)[C@H](O)[C@H]2CO)cc1. The van der Waals surface area contributed by atoms with Crippen LogP contribution in [0.4, 0.5) is 0 Å². The van der Waals surface area contributed by atoms with Crippen molar-refractivity contribution in [1.82, 2.24) is 4.90 Å². The van der Waals surface area contributed by atoms with E-state index in [4.69, 9.17) is 4.74 Å². The summed E-state index contributed by atoms with van der Waals surface area (Å²) in [5.41, 5.74) is 2.27. The Hall–Kier alpha value is -1.32. The lowest BCUT2D eigenvalue weighted by Crippen LogP contribution is -2.63. The third-order valence-corrected chi connectivity index (χ3v) is 4.57. The summed E-state index contributed by atoms with van der Waals surface area (Å²) in [5.74, 6) is 0. The van der Waals surface area contributed by atoms with E-state index >= 15 is 0 Å². The Labute approximate surface area is 153 Å². The first-order chi connectivity index (χ1) is 12.4. The van der Waals surface area contributed by atoms with Gasteiger partial charge in [0.25, 0.3) is 0 Å². The lowest BCUT2D eigenvalue weighted by atomic mass is 9.94. The van der Waals surface area contributed by atoms with Crippen LogP contribution in [-0.4, -0.2) is 93.8 Å². The van der Waals surface area contributed by atoms with Crippen molar-refractivity contribution in [2.75, 3.05) is 32.9 Å². The number of hydrogen-bond acceptors (Lipinski definition) is 7. The fourth-order valence-electron chi connectivity index (χ4n) is 3.05. The number of aliphatic hydroxyl groups is 5. The lowest BCUT2D eigenvalue weighted by Gasteiger charge is -2.43. The van der Waals surface area contributed by atoms with Gasteiger partial charge in [0.05, 0.1) is 38.1 Å². The van der Waals surface area contributed by atoms with E-state index in [0.29, 0.717) is 6.61 Å². The molecule has 1 fully saturated rings. The molecular formula is C19H29NO6. The highest BCUT2D eigenvalue weighted by Gasteiger charge is 2.41. The molecule has 1 unspecified atom stereocenters. The molecule has 0 saturated carbocycles. The highest BCUT2D eigenvalue weighted by Crippen LogP contribution is 2.19. The molecule has 2 rings (SSSR count). The van der Waals surface area contributed by atoms with Gasteiger partial charge >= 0.3 is 0 Å². The highest BCUT2D eigenvalue weighted by atomic mass is 16.5. The van der Waals surface area contributed by atoms with Gasteiger partial charge in [0.1, 0.15) is 12.2 Å². The molecule has 26 heavy (non-hydrogen) atoms. The van der Waals surface area contributed by atoms with Crippen molar-refractivity contribution < 1.29 is 30.3 Å². The number of piperidine rings is 1. The summed E-state index contributed by atoms with van der Waals surface area (Å²) in [6.45, 7) is 2.26. The van der Waals surface area contributed by atoms with E-state index in [9.17, 15) is 25.5 Å². The molecule has 1 aromatic rings. The number of likely N-dealkylation sites (tertiary alicyclic amines) is 1. The van der Waals surface area contributed by atoms with Crippen LogP contribution >= 0.6 is 0 Å². The van der Waals surface area contributed by atoms with Crippen LogP contribution in [0.25, 0.3) is 6.08 Å². The monoisotopic (exact) mass is 367 g/mol. The molecule has 1 aliphatic heterocycles. The average Bonchev–Trinajstić information content (AvgIpc) is 2.61. The first kappa shape index (κ1) is 21.0. The number of nitrogens with zero attached hydrogens (tertiary/aromatic N) is 1. The summed E-state index contributed by atoms with van der Waals surface area (Å²) >= 11 is 0. The minimum Gasteiger partial charge on any atom is -0.395 e. The molecule has 0 bridgehead atoms. The van der Waals surface area contributed by atoms with Gasteiger partial charge in [-0.2, -0.15) is 0 Å². The Morgan fingerprint density at radius 2 is 1.88 bits per heavy atom. The minimum absolute atomic E-state index is 0.0633. The zero-order valence-corrected chi connectivity index (χ0v) is 15.0. The number of β-amino-alcohol motifs (C(OH)–C–C–N with tert-alkyl or cyclic N) is 2. The largest absolute Gasteiger partial charge is 0.395 e. The number of aryl methyl sites for hydroxylation is 1. The second kappa shape index (κ2) is 10.1. The smallest absolute Gasteiger partial charge is 0.109 e. The molecule has 1 saturated heterocycles. The van der Waals surface area contributed by atoms with Gasteiger partial charge in [-0.25, -0.2) is 0 Å². The molecule has 0 aliphatic carbocycles. The van der Waals surface area contributed by atoms with Gasteiger partial charge in [-0.3, -0.25) is 4.90 Å². The number of ether oxygens (including phenoxy) is 1. The predicted octanol–water partition coefficient (Wildman–Crippen LogP) is -0.855. The molecule has 5 N–H and O–H groups in total. The minimum atomic E-state index is -1.30. The van der Waals surface area contributed by atoms with Crippen LogP contribution in [0.1, 0.15) is 11.1 Å². The maximum atomic E-state index is 10.1. The van der Waals surface area contributed by atoms with E-state index in [2.05, 4.69) is 0 Å². The van der Waals surface area contributed by atoms with Crippen molar-refractivity contribution in [3.63, 3.8) is 0 Å². The van der Waals surface area contributed by atoms with Gasteiger partial charge in [-0.1, -0.05) is 42.0 Å². The normalized spacial score (nSPS) is 28.5. The Balaban J connectivity index is 1.74. The molecule has 1 heterocycles. The summed E-state index contributed by atoms with van der Waals surface area (Å²) in [5, 5.41) is 48.9. The van der Waals surface area contributed by atoms with Gasteiger partial charge in [-0.15, -0.1) is 0 Å². The molecular weight excluding hydrogens is 338 g/mol. The third-order valence-electron chi connectivity index (χ3n) is 4.57. The maximum Gasteiger partial charge on any atom is 0.109 e. The summed E-state index contributed by atoms with van der Waals surface area (Å²) in [7, 11) is 0. The first-order valence-electron chi connectivity index (χ1n) is 8.80. The van der Waals surface area contributed by atoms with Crippen molar-refractivity contribution in [3.05, 3.63) is 41.5 Å². The number of hydrogen-bond donors (Lipinski definition) is 5. The van der Waals surface area contributed by atoms with Crippen LogP contribution in [-0.2, 0) is 4.74 Å². The summed E-state index contributed by atoms with van der Waals surface area (Å²) in [4.78, 5) is 1.57. The van der Waals surface area contributed by atoms with Crippen LogP contribution in [0, 0.1) is 6.92 Å². The van der Waals surface area contributed by atoms with E-state index in [0.717, 1.165) is 5.56 Å². The van der Waals surface area contributed by atoms with Gasteiger partial charge in [0, 0.05) is 13.1 Å². The third kappa shape index (κ3) is 5.85. The van der Waals surface area contributed by atoms with Crippen molar-refractivity contribution >= 4 is 6.08 Å². The molecule has 0 radical (unpaired) electrons. The van der Waals surface area contributed by atoms with E-state index in [-0.39, 0.29) is 26.3 Å². The van der Waals surface area contributed by atoms with Crippen LogP contribution in [0.3, 0.4) is 0 Å². The number of rotatable bonds is 8. The Kier molecular flexibility index (Phi) is 8.17. The highest BCUT2D eigenvalue weighted by molar-refractivity contribution is 5.49. The van der Waals surface area contributed by atoms with Crippen LogP contribution in [0.5, 0.6) is 0 Å². The van der Waals surface area contributed by atoms with E-state index < -0.39 is 30.5 Å². The van der Waals surface area contributed by atoms with Crippen LogP contribution in [0.15, 0.2) is 30.3 Å². The molecule has 0 aromatic heterocycles. The quantitative estimate of drug-likeness (QED) is 0.380. The van der Waals surface area contributed by atoms with E-state index in [1.807, 2.05) is 43.3 Å². The van der Waals surface area contributed by atoms with Gasteiger partial charge in [-0.05, 0) is 12.5 Å². The maximum absolute atomic E-state index is 10.1. The van der Waals surface area contributed by atoms with Crippen molar-refractivity contribution in [1.29, 1.82) is 0 Å². The summed E-state index contributed by atoms with van der Waals surface area (Å²) in [6, 6.07) is 7.35. The fraction of sp³-hybridized carbons (Fsp3) is 0.579. The van der Waals surface area contributed by atoms with Crippen molar-refractivity contribution in [3.8, 4) is 0 Å². The Bertz CT molecular complexity index is 564. The standard InChI is InChI=1S/C19H29NO6/c1-13-4-6-14(7-5-13)3-2-8-26-12-15(22)9-20-10-17(23)19(25)18(24)16(20)11-21/h2-7,15-19,21-25H,8-12H2,1H3/b3-2+/t15?,16-,17+,18-,19+/m1/s1. The fourth-order valence-corrected chi connectivity index (χ4v) is 3.05. The van der Waals surface area contributed by atoms with Gasteiger partial charge in [0.2, 0.25) is 0 Å². The Morgan fingerprint density at radius 3 is 2.54 bits per heavy atom. The van der Waals surface area contributed by atoms with Gasteiger partial charge in [0.15, 0.2) is 0 Å². The molecule has 0 spiro atoms. The topological polar surface area (TPSA) is 114 Å². The van der Waals surface area contributed by atoms with Crippen LogP contribution < -0.4 is 0 Å². The first-order valence-corrected chi connectivity index (χ1v) is 8.80. The second-order valence-corrected chi connectivity index (χ2v) is 6.76. The van der Waals surface area contributed by atoms with E-state index in [1.54, 1.807) is 4.90 Å². The molecule has 0 amide bonds. The lowest BCUT2D eigenvalue weighted by molar-refractivity contribution is -0.151. The van der Waals surface area contributed by atoms with Gasteiger partial charge < -0.3 is 30.3 Å². The molecule has 1 aliphatic rings. The Morgan fingerprint density at radius 1 is 1.19 bits per heavy atom. The predicted molar refractivity (Wildman–Crippen MR) is 97.5 cm³/mol. The molecule has 7 heteroatoms. The van der Waals surface area contributed by atoms with Crippen molar-refractivity contribution in [2.24, 2.45) is 0 Å². The summed E-state index contributed by atoms with van der Waals surface area (Å²) < 4.78 is 5.43. The zero-order chi connectivity index (χ0) is 19.1. The average molecular weight is 367 g/mol. The number of aliphatic hydroxyl groups excluding tert-OH is 5. The van der Waals surface area contributed by atoms with E-state index in [1.165, 1.54) is 5.56 Å². The molecule has 146 valence electrons. The number of benzene rings is 1. The molecule has 7 nitrogen and oxygen atoms in total. The van der Waals surface area contributed by atoms with Crippen molar-refractivity contribution in [2.45, 2.75) is 37.4 Å². The molecule has 1 aromatic carbocycles. The molecule has 5 atom stereocenters. The second-order valence-electron chi connectivity index (χ2n) is 6.76. The summed E-state index contributed by atoms with van der Waals surface area (Å²) in [6.07, 6.45) is -0.742.